The highest BCUT2D eigenvalue weighted by atomic mass is 35.5. The van der Waals surface area contributed by atoms with E-state index in [1.54, 1.807) is 31.4 Å². The molecule has 2 aromatic carbocycles. The van der Waals surface area contributed by atoms with Gasteiger partial charge in [0.1, 0.15) is 11.6 Å². The average Bonchev–Trinajstić information content (AvgIpc) is 2.54. The van der Waals surface area contributed by atoms with Gasteiger partial charge in [-0.15, -0.1) is 0 Å². The normalized spacial score (nSPS) is 10.7. The first-order valence-corrected chi connectivity index (χ1v) is 8.36. The van der Waals surface area contributed by atoms with Crippen molar-refractivity contribution < 1.29 is 17.5 Å². The second kappa shape index (κ2) is 7.47. The lowest BCUT2D eigenvalue weighted by Crippen LogP contribution is -2.24. The van der Waals surface area contributed by atoms with E-state index in [9.17, 15) is 12.8 Å². The molecule has 0 atom stereocenters. The zero-order valence-corrected chi connectivity index (χ0v) is 13.7. The molecule has 4 nitrogen and oxygen atoms in total. The van der Waals surface area contributed by atoms with Crippen LogP contribution in [0.1, 0.15) is 5.56 Å². The second-order valence-corrected chi connectivity index (χ2v) is 6.60. The van der Waals surface area contributed by atoms with Crippen molar-refractivity contribution >= 4 is 21.6 Å². The zero-order valence-electron chi connectivity index (χ0n) is 12.1. The second-order valence-electron chi connectivity index (χ2n) is 4.43. The summed E-state index contributed by atoms with van der Waals surface area (Å²) in [6.07, 6.45) is 0. The number of nitrogens with one attached hydrogen (secondary N) is 1. The molecule has 2 aromatic rings. The first-order chi connectivity index (χ1) is 10.9. The highest BCUT2D eigenvalue weighted by Gasteiger charge is 2.14. The number of halogens is 2. The van der Waals surface area contributed by atoms with Gasteiger partial charge < -0.3 is 4.74 Å². The van der Waals surface area contributed by atoms with Crippen LogP contribution >= 0.6 is 11.6 Å². The fourth-order valence-corrected chi connectivity index (χ4v) is 2.87. The molecule has 0 saturated carbocycles. The molecule has 120 valence electrons. The average molecular weight is 354 g/mol. The van der Waals surface area contributed by atoms with Gasteiger partial charge in [0.15, 0.2) is 0 Å². The molecule has 0 fully saturated rings. The quantitative estimate of drug-likeness (QED) is 0.860. The molecule has 0 radical (unpaired) electrons. The summed E-state index contributed by atoms with van der Waals surface area (Å²) in [6.45, 7) is -0.0800. The van der Waals surface area contributed by atoms with E-state index in [-0.39, 0.29) is 16.5 Å². The van der Waals surface area contributed by atoms with Gasteiger partial charge in [0.2, 0.25) is 10.0 Å². The van der Waals surface area contributed by atoms with Gasteiger partial charge in [0.05, 0.1) is 23.6 Å². The monoisotopic (exact) mass is 353 g/mol. The van der Waals surface area contributed by atoms with Gasteiger partial charge >= 0.3 is 0 Å². The third-order valence-electron chi connectivity index (χ3n) is 2.87. The van der Waals surface area contributed by atoms with Gasteiger partial charge in [-0.1, -0.05) is 23.4 Å². The molecule has 23 heavy (non-hydrogen) atoms. The summed E-state index contributed by atoms with van der Waals surface area (Å²) in [4.78, 5) is -0.116. The topological polar surface area (TPSA) is 55.4 Å². The van der Waals surface area contributed by atoms with Crippen LogP contribution in [-0.4, -0.2) is 22.1 Å². The summed E-state index contributed by atoms with van der Waals surface area (Å²) in [5.74, 6) is 5.56. The Morgan fingerprint density at radius 2 is 1.91 bits per heavy atom. The van der Waals surface area contributed by atoms with Gasteiger partial charge in [-0.3, -0.25) is 0 Å². The molecule has 0 spiro atoms. The van der Waals surface area contributed by atoms with E-state index < -0.39 is 15.8 Å². The number of rotatable bonds is 4. The Bertz CT molecular complexity index is 855. The third-order valence-corrected chi connectivity index (χ3v) is 4.56. The molecule has 0 amide bonds. The summed E-state index contributed by atoms with van der Waals surface area (Å²) < 4.78 is 44.4. The number of sulfonamides is 1. The maximum absolute atomic E-state index is 13.1. The SMILES string of the molecule is COc1ccc(C#CCNS(=O)(=O)c2ccc(F)c(Cl)c2)cc1. The summed E-state index contributed by atoms with van der Waals surface area (Å²) >= 11 is 5.58. The van der Waals surface area contributed by atoms with Crippen LogP contribution in [0, 0.1) is 17.7 Å². The Kier molecular flexibility index (Phi) is 5.61. The van der Waals surface area contributed by atoms with Crippen LogP contribution in [0.3, 0.4) is 0 Å². The van der Waals surface area contributed by atoms with E-state index in [0.717, 1.165) is 23.8 Å². The Labute approximate surface area is 139 Å². The van der Waals surface area contributed by atoms with E-state index in [1.165, 1.54) is 0 Å². The predicted molar refractivity (Wildman–Crippen MR) is 86.5 cm³/mol. The Hall–Kier alpha value is -2.07. The Morgan fingerprint density at radius 1 is 1.22 bits per heavy atom. The van der Waals surface area contributed by atoms with Crippen molar-refractivity contribution in [1.29, 1.82) is 0 Å². The van der Waals surface area contributed by atoms with Crippen molar-refractivity contribution in [2.24, 2.45) is 0 Å². The van der Waals surface area contributed by atoms with E-state index >= 15 is 0 Å². The fraction of sp³-hybridized carbons (Fsp3) is 0.125. The number of ether oxygens (including phenoxy) is 1. The molecule has 0 heterocycles. The minimum absolute atomic E-state index is 0.0800. The maximum Gasteiger partial charge on any atom is 0.241 e. The molecule has 0 aromatic heterocycles. The standard InChI is InChI=1S/C16H13ClFNO3S/c1-22-13-6-4-12(5-7-13)3-2-10-19-23(20,21)14-8-9-16(18)15(17)11-14/h4-9,11,19H,10H2,1H3. The number of hydrogen-bond donors (Lipinski definition) is 1. The lowest BCUT2D eigenvalue weighted by Gasteiger charge is -2.04. The molecule has 0 unspecified atom stereocenters. The molecule has 0 bridgehead atoms. The Balaban J connectivity index is 2.02. The van der Waals surface area contributed by atoms with Gasteiger partial charge in [0.25, 0.3) is 0 Å². The molecule has 0 aliphatic heterocycles. The van der Waals surface area contributed by atoms with Crippen LogP contribution in [0.15, 0.2) is 47.4 Å². The largest absolute Gasteiger partial charge is 0.497 e. The van der Waals surface area contributed by atoms with Crippen LogP contribution in [0.25, 0.3) is 0 Å². The number of methoxy groups -OCH3 is 1. The van der Waals surface area contributed by atoms with Crippen molar-refractivity contribution in [3.05, 3.63) is 58.9 Å². The smallest absolute Gasteiger partial charge is 0.241 e. The third kappa shape index (κ3) is 4.70. The van der Waals surface area contributed by atoms with Gasteiger partial charge in [-0.2, -0.15) is 4.72 Å². The van der Waals surface area contributed by atoms with Crippen LogP contribution in [0.5, 0.6) is 5.75 Å². The van der Waals surface area contributed by atoms with Crippen molar-refractivity contribution in [3.63, 3.8) is 0 Å². The molecule has 0 saturated heterocycles. The molecular weight excluding hydrogens is 341 g/mol. The summed E-state index contributed by atoms with van der Waals surface area (Å²) in [5.41, 5.74) is 0.731. The van der Waals surface area contributed by atoms with Crippen molar-refractivity contribution in [2.45, 2.75) is 4.90 Å². The highest BCUT2D eigenvalue weighted by molar-refractivity contribution is 7.89. The lowest BCUT2D eigenvalue weighted by molar-refractivity contribution is 0.415. The minimum Gasteiger partial charge on any atom is -0.497 e. The molecule has 2 rings (SSSR count). The molecule has 7 heteroatoms. The highest BCUT2D eigenvalue weighted by Crippen LogP contribution is 2.19. The van der Waals surface area contributed by atoms with E-state index in [2.05, 4.69) is 16.6 Å². The Morgan fingerprint density at radius 3 is 2.52 bits per heavy atom. The summed E-state index contributed by atoms with van der Waals surface area (Å²) in [5, 5.41) is -0.253. The summed E-state index contributed by atoms with van der Waals surface area (Å²) in [6, 6.07) is 10.2. The van der Waals surface area contributed by atoms with E-state index in [1.807, 2.05) is 0 Å². The van der Waals surface area contributed by atoms with Gasteiger partial charge in [0, 0.05) is 5.56 Å². The summed E-state index contributed by atoms with van der Waals surface area (Å²) in [7, 11) is -2.22. The fourth-order valence-electron chi connectivity index (χ4n) is 1.68. The van der Waals surface area contributed by atoms with Crippen molar-refractivity contribution in [2.75, 3.05) is 13.7 Å². The molecule has 1 N–H and O–H groups in total. The van der Waals surface area contributed by atoms with Crippen molar-refractivity contribution in [1.82, 2.24) is 4.72 Å². The molecule has 0 aliphatic rings. The lowest BCUT2D eigenvalue weighted by atomic mass is 10.2. The number of benzene rings is 2. The predicted octanol–water partition coefficient (Wildman–Crippen LogP) is 2.82. The maximum atomic E-state index is 13.1. The van der Waals surface area contributed by atoms with Crippen LogP contribution in [0.2, 0.25) is 5.02 Å². The first kappa shape index (κ1) is 17.3. The van der Waals surface area contributed by atoms with E-state index in [4.69, 9.17) is 16.3 Å². The first-order valence-electron chi connectivity index (χ1n) is 6.50. The van der Waals surface area contributed by atoms with Gasteiger partial charge in [-0.25, -0.2) is 12.8 Å². The van der Waals surface area contributed by atoms with Crippen LogP contribution in [-0.2, 0) is 10.0 Å². The van der Waals surface area contributed by atoms with Gasteiger partial charge in [-0.05, 0) is 42.5 Å². The molecular formula is C16H13ClFNO3S. The molecule has 0 aliphatic carbocycles. The zero-order chi connectivity index (χ0) is 16.9. The van der Waals surface area contributed by atoms with Crippen LogP contribution in [0.4, 0.5) is 4.39 Å². The number of hydrogen-bond acceptors (Lipinski definition) is 3. The van der Waals surface area contributed by atoms with Crippen molar-refractivity contribution in [3.8, 4) is 17.6 Å². The van der Waals surface area contributed by atoms with Crippen LogP contribution < -0.4 is 9.46 Å². The minimum atomic E-state index is -3.79. The van der Waals surface area contributed by atoms with E-state index in [0.29, 0.717) is 5.75 Å².